The highest BCUT2D eigenvalue weighted by molar-refractivity contribution is 6.32. The summed E-state index contributed by atoms with van der Waals surface area (Å²) < 4.78 is 0. The monoisotopic (exact) mass is 414 g/mol. The molecule has 2 N–H and O–H groups in total. The molecule has 0 aromatic heterocycles. The Morgan fingerprint density at radius 1 is 1.28 bits per heavy atom. The van der Waals surface area contributed by atoms with Crippen molar-refractivity contribution in [2.75, 3.05) is 11.9 Å². The Hall–Kier alpha value is -2.44. The second-order valence-electron chi connectivity index (χ2n) is 8.77. The second-order valence-corrected chi connectivity index (χ2v) is 9.18. The van der Waals surface area contributed by atoms with Crippen LogP contribution in [0, 0.1) is 16.7 Å². The molecule has 4 atom stereocenters. The number of likely N-dealkylation sites (N-methyl/N-ethyl adjacent to an activating group) is 1. The summed E-state index contributed by atoms with van der Waals surface area (Å²) in [6, 6.07) is 5.09. The molecule has 6 nitrogen and oxygen atoms in total. The molecule has 3 aliphatic rings. The van der Waals surface area contributed by atoms with E-state index in [0.717, 1.165) is 0 Å². The number of nitrogens with zero attached hydrogens (tertiary/aromatic N) is 1. The van der Waals surface area contributed by atoms with Crippen molar-refractivity contribution >= 4 is 35.4 Å². The van der Waals surface area contributed by atoms with Gasteiger partial charge in [-0.3, -0.25) is 14.4 Å². The summed E-state index contributed by atoms with van der Waals surface area (Å²) in [7, 11) is 1.59. The standard InChI is InChI=1S/C22H23ClN2O4/c1-6-20(4)15(23)10-13-17(27)21(20,24-11-26)12-8-7-9-14-16(12)22(29,19(13,2)3)18(28)25(14)5/h6-11,13,29H,1H2,2-5H3,(H,24,26)/t13-,20-,21-,22+/m1/s1. The Kier molecular flexibility index (Phi) is 3.82. The molecule has 0 saturated heterocycles. The van der Waals surface area contributed by atoms with Gasteiger partial charge in [0.05, 0.1) is 11.1 Å². The SMILES string of the molecule is C=C[C@]1(C)C(Cl)=C[C@@H]2C(=O)[C@]1(NC=O)c1cccc3c1[C@](O)(C(=O)N3C)C2(C)C. The Labute approximate surface area is 174 Å². The van der Waals surface area contributed by atoms with Crippen molar-refractivity contribution in [3.8, 4) is 0 Å². The number of ketones is 1. The molecule has 7 heteroatoms. The van der Waals surface area contributed by atoms with Gasteiger partial charge in [0, 0.05) is 29.0 Å². The molecule has 0 spiro atoms. The summed E-state index contributed by atoms with van der Waals surface area (Å²) in [6.45, 7) is 8.97. The normalized spacial score (nSPS) is 36.8. The van der Waals surface area contributed by atoms with Crippen LogP contribution in [0.3, 0.4) is 0 Å². The number of halogens is 1. The number of Topliss-reactive ketones (excluding diaryl/α,β-unsaturated/α-hetero) is 1. The maximum Gasteiger partial charge on any atom is 0.264 e. The molecule has 4 rings (SSSR count). The lowest BCUT2D eigenvalue weighted by atomic mass is 9.56. The van der Waals surface area contributed by atoms with Gasteiger partial charge in [-0.2, -0.15) is 0 Å². The first-order valence-corrected chi connectivity index (χ1v) is 9.76. The van der Waals surface area contributed by atoms with E-state index in [9.17, 15) is 19.5 Å². The number of anilines is 1. The lowest BCUT2D eigenvalue weighted by Gasteiger charge is -2.51. The minimum Gasteiger partial charge on any atom is -0.375 e. The third-order valence-corrected chi connectivity index (χ3v) is 7.94. The van der Waals surface area contributed by atoms with E-state index in [1.807, 2.05) is 0 Å². The minimum atomic E-state index is -1.97. The van der Waals surface area contributed by atoms with Crippen LogP contribution in [-0.2, 0) is 25.5 Å². The van der Waals surface area contributed by atoms with Crippen LogP contribution in [0.25, 0.3) is 0 Å². The zero-order valence-electron chi connectivity index (χ0n) is 16.7. The van der Waals surface area contributed by atoms with Gasteiger partial charge in [0.1, 0.15) is 5.54 Å². The number of aliphatic hydroxyl groups is 1. The number of hydrogen-bond acceptors (Lipinski definition) is 4. The predicted octanol–water partition coefficient (Wildman–Crippen LogP) is 2.35. The quantitative estimate of drug-likeness (QED) is 0.587. The number of carbonyl (C=O) groups is 3. The molecular formula is C22H23ClN2O4. The van der Waals surface area contributed by atoms with Crippen LogP contribution in [0.5, 0.6) is 0 Å². The van der Waals surface area contributed by atoms with Gasteiger partial charge >= 0.3 is 0 Å². The highest BCUT2D eigenvalue weighted by Crippen LogP contribution is 2.65. The lowest BCUT2D eigenvalue weighted by molar-refractivity contribution is -0.158. The first kappa shape index (κ1) is 19.9. The van der Waals surface area contributed by atoms with Crippen LogP contribution in [0.15, 0.2) is 42.0 Å². The number of fused-ring (bicyclic) bond motifs is 3. The molecule has 2 amide bonds. The molecule has 0 fully saturated rings. The van der Waals surface area contributed by atoms with Crippen LogP contribution in [0.1, 0.15) is 31.9 Å². The summed E-state index contributed by atoms with van der Waals surface area (Å²) in [6.07, 6.45) is 3.59. The van der Waals surface area contributed by atoms with E-state index < -0.39 is 33.8 Å². The predicted molar refractivity (Wildman–Crippen MR) is 109 cm³/mol. The molecule has 0 unspecified atom stereocenters. The van der Waals surface area contributed by atoms with Gasteiger partial charge in [0.2, 0.25) is 6.41 Å². The van der Waals surface area contributed by atoms with Crippen LogP contribution in [0.2, 0.25) is 0 Å². The van der Waals surface area contributed by atoms with Crippen LogP contribution >= 0.6 is 11.6 Å². The van der Waals surface area contributed by atoms with Crippen LogP contribution in [-0.4, -0.2) is 30.3 Å². The fraction of sp³-hybridized carbons (Fsp3) is 0.409. The number of hydrogen-bond donors (Lipinski definition) is 2. The van der Waals surface area contributed by atoms with Crippen LogP contribution < -0.4 is 10.2 Å². The van der Waals surface area contributed by atoms with Crippen molar-refractivity contribution in [1.82, 2.24) is 5.32 Å². The van der Waals surface area contributed by atoms with Gasteiger partial charge in [-0.1, -0.05) is 49.7 Å². The molecule has 1 aromatic carbocycles. The van der Waals surface area contributed by atoms with E-state index in [2.05, 4.69) is 11.9 Å². The van der Waals surface area contributed by atoms with E-state index in [-0.39, 0.29) is 5.78 Å². The Bertz CT molecular complexity index is 1030. The second kappa shape index (κ2) is 5.58. The first-order chi connectivity index (χ1) is 13.5. The van der Waals surface area contributed by atoms with Crippen molar-refractivity contribution in [3.05, 3.63) is 53.1 Å². The van der Waals surface area contributed by atoms with Crippen molar-refractivity contribution in [3.63, 3.8) is 0 Å². The third kappa shape index (κ3) is 1.81. The largest absolute Gasteiger partial charge is 0.375 e. The van der Waals surface area contributed by atoms with Gasteiger partial charge in [0.15, 0.2) is 11.4 Å². The van der Waals surface area contributed by atoms with E-state index >= 15 is 0 Å². The highest BCUT2D eigenvalue weighted by atomic mass is 35.5. The van der Waals surface area contributed by atoms with Gasteiger partial charge in [-0.25, -0.2) is 0 Å². The first-order valence-electron chi connectivity index (χ1n) is 9.38. The Morgan fingerprint density at radius 3 is 2.52 bits per heavy atom. The Balaban J connectivity index is 2.29. The highest BCUT2D eigenvalue weighted by Gasteiger charge is 2.72. The van der Waals surface area contributed by atoms with Crippen molar-refractivity contribution in [1.29, 1.82) is 0 Å². The average Bonchev–Trinajstić information content (AvgIpc) is 2.88. The number of nitrogens with one attached hydrogen (secondary N) is 1. The number of amides is 2. The van der Waals surface area contributed by atoms with Gasteiger partial charge < -0.3 is 15.3 Å². The zero-order valence-corrected chi connectivity index (χ0v) is 17.5. The Morgan fingerprint density at radius 2 is 1.93 bits per heavy atom. The van der Waals surface area contributed by atoms with E-state index in [0.29, 0.717) is 28.3 Å². The smallest absolute Gasteiger partial charge is 0.264 e. The third-order valence-electron chi connectivity index (χ3n) is 7.42. The van der Waals surface area contributed by atoms with Gasteiger partial charge in [-0.05, 0) is 18.6 Å². The maximum atomic E-state index is 14.0. The number of carbonyl (C=O) groups excluding carboxylic acids is 3. The zero-order chi connectivity index (χ0) is 21.6. The van der Waals surface area contributed by atoms with Crippen LogP contribution in [0.4, 0.5) is 5.69 Å². The summed E-state index contributed by atoms with van der Waals surface area (Å²) in [5.41, 5.74) is -4.81. The molecule has 152 valence electrons. The molecule has 0 saturated carbocycles. The number of allylic oxidation sites excluding steroid dienone is 1. The minimum absolute atomic E-state index is 0.321. The molecule has 1 aliphatic heterocycles. The van der Waals surface area contributed by atoms with Crippen molar-refractivity contribution in [2.45, 2.75) is 31.9 Å². The number of benzene rings is 1. The lowest BCUT2D eigenvalue weighted by Crippen LogP contribution is -2.63. The van der Waals surface area contributed by atoms with Crippen molar-refractivity contribution in [2.24, 2.45) is 16.7 Å². The average molecular weight is 415 g/mol. The van der Waals surface area contributed by atoms with Crippen molar-refractivity contribution < 1.29 is 19.5 Å². The summed E-state index contributed by atoms with van der Waals surface area (Å²) in [5.74, 6) is -1.78. The van der Waals surface area contributed by atoms with E-state index in [1.54, 1.807) is 52.1 Å². The fourth-order valence-corrected chi connectivity index (χ4v) is 5.79. The molecule has 29 heavy (non-hydrogen) atoms. The van der Waals surface area contributed by atoms with Gasteiger partial charge in [-0.15, -0.1) is 6.58 Å². The molecule has 2 bridgehead atoms. The topological polar surface area (TPSA) is 86.7 Å². The molecule has 2 aliphatic carbocycles. The molecule has 0 radical (unpaired) electrons. The summed E-state index contributed by atoms with van der Waals surface area (Å²) in [5, 5.41) is 15.0. The van der Waals surface area contributed by atoms with Gasteiger partial charge in [0.25, 0.3) is 5.91 Å². The molecular weight excluding hydrogens is 392 g/mol. The number of rotatable bonds is 3. The van der Waals surface area contributed by atoms with E-state index in [4.69, 9.17) is 11.6 Å². The van der Waals surface area contributed by atoms with E-state index in [1.165, 1.54) is 11.0 Å². The fourth-order valence-electron chi connectivity index (χ4n) is 5.44. The maximum absolute atomic E-state index is 14.0. The molecule has 1 aromatic rings. The molecule has 1 heterocycles. The summed E-state index contributed by atoms with van der Waals surface area (Å²) >= 11 is 6.70. The summed E-state index contributed by atoms with van der Waals surface area (Å²) in [4.78, 5) is 40.6.